The Balaban J connectivity index is 1.67. The van der Waals surface area contributed by atoms with E-state index in [-0.39, 0.29) is 29.7 Å². The zero-order valence-electron chi connectivity index (χ0n) is 24.3. The highest BCUT2D eigenvalue weighted by Gasteiger charge is 2.44. The van der Waals surface area contributed by atoms with Gasteiger partial charge in [0.25, 0.3) is 5.91 Å². The van der Waals surface area contributed by atoms with Crippen LogP contribution >= 0.6 is 0 Å². The number of carboxylic acid groups (broad SMARTS) is 1. The van der Waals surface area contributed by atoms with E-state index in [2.05, 4.69) is 10.3 Å². The first kappa shape index (κ1) is 31.6. The molecule has 3 aromatic carbocycles. The maximum absolute atomic E-state index is 16.3. The predicted molar refractivity (Wildman–Crippen MR) is 152 cm³/mol. The van der Waals surface area contributed by atoms with E-state index in [9.17, 15) is 36.6 Å². The molecule has 2 amide bonds. The van der Waals surface area contributed by atoms with Gasteiger partial charge in [-0.1, -0.05) is 18.2 Å². The standard InChI is InChI=1S/C32H28F6N4O3/c1-17-12-20(6-9-26(17)34)31(2,19-4-5-19)40-28(43)24-14-18(16-42-11-10-41(3)29(42)39-30(44)45)13-23(27(24)35)22-8-7-21(33)15-25(22)32(36,37)38/h6-15,19H,4-5,16H2,1-3H3,(H,40,43)(H,44,45). The van der Waals surface area contributed by atoms with Gasteiger partial charge in [-0.3, -0.25) is 4.79 Å². The lowest BCUT2D eigenvalue weighted by molar-refractivity contribution is -0.137. The van der Waals surface area contributed by atoms with E-state index in [1.807, 2.05) is 0 Å². The number of hydrogen-bond donors (Lipinski definition) is 2. The van der Waals surface area contributed by atoms with Crippen LogP contribution in [0, 0.1) is 30.3 Å². The van der Waals surface area contributed by atoms with Gasteiger partial charge in [-0.25, -0.2) is 18.0 Å². The smallest absolute Gasteiger partial charge is 0.434 e. The molecule has 45 heavy (non-hydrogen) atoms. The summed E-state index contributed by atoms with van der Waals surface area (Å²) in [4.78, 5) is 28.7. The Hall–Kier alpha value is -4.81. The molecule has 236 valence electrons. The number of aromatic nitrogens is 2. The Morgan fingerprint density at radius 2 is 1.71 bits per heavy atom. The first-order chi connectivity index (χ1) is 21.1. The Bertz CT molecular complexity index is 1890. The summed E-state index contributed by atoms with van der Waals surface area (Å²) in [6, 6.07) is 8.43. The third kappa shape index (κ3) is 6.38. The minimum Gasteiger partial charge on any atom is -0.463 e. The summed E-state index contributed by atoms with van der Waals surface area (Å²) in [6.45, 7) is 3.08. The van der Waals surface area contributed by atoms with Crippen LogP contribution in [-0.2, 0) is 25.3 Å². The number of halogens is 6. The number of hydrogen-bond acceptors (Lipinski definition) is 2. The number of nitrogens with zero attached hydrogens (tertiary/aromatic N) is 3. The van der Waals surface area contributed by atoms with Crippen molar-refractivity contribution in [2.24, 2.45) is 18.0 Å². The van der Waals surface area contributed by atoms with Crippen molar-refractivity contribution in [1.82, 2.24) is 14.5 Å². The zero-order chi connectivity index (χ0) is 32.8. The molecule has 7 nitrogen and oxygen atoms in total. The number of aryl methyl sites for hydroxylation is 2. The van der Waals surface area contributed by atoms with Crippen molar-refractivity contribution in [3.05, 3.63) is 112 Å². The van der Waals surface area contributed by atoms with Gasteiger partial charge in [0.2, 0.25) is 5.62 Å². The summed E-state index contributed by atoms with van der Waals surface area (Å²) in [5.74, 6) is -3.90. The summed E-state index contributed by atoms with van der Waals surface area (Å²) >= 11 is 0. The normalized spacial score (nSPS) is 15.2. The second-order valence-corrected chi connectivity index (χ2v) is 11.3. The number of nitrogens with one attached hydrogen (secondary N) is 1. The van der Waals surface area contributed by atoms with E-state index < -0.39 is 63.4 Å². The van der Waals surface area contributed by atoms with E-state index in [4.69, 9.17) is 0 Å². The van der Waals surface area contributed by atoms with Gasteiger partial charge >= 0.3 is 12.3 Å². The molecular formula is C32H28F6N4O3. The lowest BCUT2D eigenvalue weighted by Gasteiger charge is -2.32. The van der Waals surface area contributed by atoms with Crippen LogP contribution in [0.5, 0.6) is 0 Å². The number of amides is 2. The van der Waals surface area contributed by atoms with E-state index in [0.29, 0.717) is 11.1 Å². The van der Waals surface area contributed by atoms with Crippen molar-refractivity contribution >= 4 is 12.0 Å². The summed E-state index contributed by atoms with van der Waals surface area (Å²) in [5.41, 5.74) is -3.37. The van der Waals surface area contributed by atoms with E-state index in [0.717, 1.165) is 31.0 Å². The van der Waals surface area contributed by atoms with Gasteiger partial charge in [-0.05, 0) is 85.2 Å². The van der Waals surface area contributed by atoms with Gasteiger partial charge in [-0.2, -0.15) is 13.2 Å². The predicted octanol–water partition coefficient (Wildman–Crippen LogP) is 6.92. The summed E-state index contributed by atoms with van der Waals surface area (Å²) < 4.78 is 89.1. The first-order valence-electron chi connectivity index (χ1n) is 13.9. The van der Waals surface area contributed by atoms with Gasteiger partial charge in [0, 0.05) is 25.0 Å². The first-order valence-corrected chi connectivity index (χ1v) is 13.9. The Kier molecular flexibility index (Phi) is 8.15. The molecule has 1 aliphatic carbocycles. The number of carbonyl (C=O) groups is 2. The highest BCUT2D eigenvalue weighted by molar-refractivity contribution is 5.97. The fourth-order valence-electron chi connectivity index (χ4n) is 5.53. The quantitative estimate of drug-likeness (QED) is 0.217. The van der Waals surface area contributed by atoms with Crippen molar-refractivity contribution in [2.45, 2.75) is 44.9 Å². The maximum atomic E-state index is 16.3. The molecule has 1 aliphatic rings. The molecule has 5 rings (SSSR count). The molecule has 1 unspecified atom stereocenters. The van der Waals surface area contributed by atoms with Gasteiger partial charge in [0.05, 0.1) is 23.2 Å². The fraction of sp³-hybridized carbons (Fsp3) is 0.281. The zero-order valence-corrected chi connectivity index (χ0v) is 24.3. The van der Waals surface area contributed by atoms with Gasteiger partial charge < -0.3 is 19.6 Å². The van der Waals surface area contributed by atoms with Crippen molar-refractivity contribution in [1.29, 1.82) is 0 Å². The molecular weight excluding hydrogens is 602 g/mol. The maximum Gasteiger partial charge on any atom is 0.434 e. The molecule has 0 bridgehead atoms. The van der Waals surface area contributed by atoms with Crippen LogP contribution < -0.4 is 10.9 Å². The fourth-order valence-corrected chi connectivity index (χ4v) is 5.53. The van der Waals surface area contributed by atoms with Crippen LogP contribution in [0.15, 0.2) is 65.9 Å². The van der Waals surface area contributed by atoms with Crippen LogP contribution in [0.3, 0.4) is 0 Å². The minimum absolute atomic E-state index is 0.0369. The van der Waals surface area contributed by atoms with E-state index in [1.165, 1.54) is 46.8 Å². The molecule has 1 aromatic heterocycles. The third-order valence-corrected chi connectivity index (χ3v) is 8.07. The average molecular weight is 631 g/mol. The molecule has 13 heteroatoms. The number of carbonyl (C=O) groups excluding carboxylic acids is 1. The molecule has 1 saturated carbocycles. The molecule has 1 fully saturated rings. The monoisotopic (exact) mass is 630 g/mol. The average Bonchev–Trinajstić information content (AvgIpc) is 3.77. The topological polar surface area (TPSA) is 88.6 Å². The lowest BCUT2D eigenvalue weighted by Crippen LogP contribution is -2.45. The Labute approximate surface area is 253 Å². The van der Waals surface area contributed by atoms with Crippen molar-refractivity contribution < 1.29 is 41.0 Å². The van der Waals surface area contributed by atoms with E-state index >= 15 is 4.39 Å². The third-order valence-electron chi connectivity index (χ3n) is 8.07. The van der Waals surface area contributed by atoms with Gasteiger partial charge in [0.1, 0.15) is 17.5 Å². The summed E-state index contributed by atoms with van der Waals surface area (Å²) in [6.07, 6.45) is -2.15. The van der Waals surface area contributed by atoms with Crippen molar-refractivity contribution in [2.75, 3.05) is 0 Å². The van der Waals surface area contributed by atoms with Gasteiger partial charge in [-0.15, -0.1) is 4.99 Å². The summed E-state index contributed by atoms with van der Waals surface area (Å²) in [7, 11) is 1.53. The number of imidazole rings is 1. The molecule has 0 spiro atoms. The second kappa shape index (κ2) is 11.6. The van der Waals surface area contributed by atoms with Crippen LogP contribution in [0.25, 0.3) is 11.1 Å². The number of benzene rings is 3. The van der Waals surface area contributed by atoms with Gasteiger partial charge in [0.15, 0.2) is 0 Å². The molecule has 0 radical (unpaired) electrons. The van der Waals surface area contributed by atoms with Crippen LogP contribution in [0.2, 0.25) is 0 Å². The Morgan fingerprint density at radius 3 is 2.33 bits per heavy atom. The highest BCUT2D eigenvalue weighted by Crippen LogP contribution is 2.46. The summed E-state index contributed by atoms with van der Waals surface area (Å²) in [5, 5.41) is 12.1. The molecule has 4 aromatic rings. The SMILES string of the molecule is Cc1cc(C(C)(NC(=O)c2cc(Cn3ccn(C)c3=NC(=O)O)cc(-c3ccc(F)cc3C(F)(F)F)c2F)C2CC2)ccc1F. The minimum atomic E-state index is -5.06. The van der Waals surface area contributed by atoms with Crippen molar-refractivity contribution in [3.8, 4) is 11.1 Å². The Morgan fingerprint density at radius 1 is 1.00 bits per heavy atom. The molecule has 2 N–H and O–H groups in total. The molecule has 1 atom stereocenters. The molecule has 0 aliphatic heterocycles. The van der Waals surface area contributed by atoms with Crippen LogP contribution in [-0.4, -0.2) is 26.2 Å². The lowest BCUT2D eigenvalue weighted by atomic mass is 9.85. The highest BCUT2D eigenvalue weighted by atomic mass is 19.4. The second-order valence-electron chi connectivity index (χ2n) is 11.3. The molecule has 1 heterocycles. The van der Waals surface area contributed by atoms with Crippen LogP contribution in [0.1, 0.15) is 52.4 Å². The van der Waals surface area contributed by atoms with Crippen molar-refractivity contribution in [3.63, 3.8) is 0 Å². The van der Waals surface area contributed by atoms with Crippen LogP contribution in [0.4, 0.5) is 31.1 Å². The number of alkyl halides is 3. The number of rotatable bonds is 7. The largest absolute Gasteiger partial charge is 0.463 e. The molecule has 0 saturated heterocycles. The van der Waals surface area contributed by atoms with E-state index in [1.54, 1.807) is 19.9 Å².